The zero-order chi connectivity index (χ0) is 31.9. The Morgan fingerprint density at radius 3 is 2.31 bits per heavy atom. The van der Waals surface area contributed by atoms with Crippen LogP contribution in [0.4, 0.5) is 10.1 Å². The quantitative estimate of drug-likeness (QED) is 0.311. The van der Waals surface area contributed by atoms with Crippen molar-refractivity contribution in [1.29, 1.82) is 5.26 Å². The molecule has 1 N–H and O–H groups in total. The number of imidazole rings is 1. The third-order valence-electron chi connectivity index (χ3n) is 6.73. The molecule has 8 heteroatoms. The number of ketones is 1. The highest BCUT2D eigenvalue weighted by Gasteiger charge is 2.29. The maximum Gasteiger partial charge on any atom is 0.139 e. The van der Waals surface area contributed by atoms with E-state index in [1.165, 1.54) is 11.6 Å². The van der Waals surface area contributed by atoms with Crippen LogP contribution in [-0.2, 0) is 17.6 Å². The number of Topliss-reactive ketones (excluding diaryl/α,β-unsaturated/α-hetero) is 1. The first-order valence-electron chi connectivity index (χ1n) is 15.5. The lowest BCUT2D eigenvalue weighted by atomic mass is 9.97. The maximum atomic E-state index is 13.5. The molecule has 4 heterocycles. The fraction of sp³-hybridized carbons (Fsp3) is 0.588. The predicted molar refractivity (Wildman–Crippen MR) is 173 cm³/mol. The average Bonchev–Trinajstić information content (AvgIpc) is 3.30. The second kappa shape index (κ2) is 18.3. The van der Waals surface area contributed by atoms with Crippen molar-refractivity contribution >= 4 is 17.1 Å². The van der Waals surface area contributed by atoms with Crippen LogP contribution >= 0.6 is 0 Å². The number of hydrogen-bond donors (Lipinski definition) is 1. The molecule has 1 aliphatic rings. The minimum atomic E-state index is -0.148. The van der Waals surface area contributed by atoms with Crippen molar-refractivity contribution in [2.45, 2.75) is 113 Å². The number of halogens is 1. The highest BCUT2D eigenvalue weighted by molar-refractivity contribution is 5.75. The number of pyridine rings is 2. The zero-order valence-electron chi connectivity index (χ0n) is 27.7. The molecule has 0 amide bonds. The molecule has 0 aliphatic carbocycles. The van der Waals surface area contributed by atoms with Gasteiger partial charge in [0.05, 0.1) is 16.9 Å². The number of aryl methyl sites for hydroxylation is 3. The van der Waals surface area contributed by atoms with Crippen LogP contribution in [0.2, 0.25) is 0 Å². The van der Waals surface area contributed by atoms with E-state index in [-0.39, 0.29) is 17.1 Å². The molecule has 0 saturated carbocycles. The van der Waals surface area contributed by atoms with Crippen LogP contribution in [0.3, 0.4) is 0 Å². The number of anilines is 1. The third-order valence-corrected chi connectivity index (χ3v) is 6.73. The summed E-state index contributed by atoms with van der Waals surface area (Å²) in [6, 6.07) is 3.82. The van der Waals surface area contributed by atoms with Gasteiger partial charge in [0.2, 0.25) is 0 Å². The van der Waals surface area contributed by atoms with Gasteiger partial charge in [0.15, 0.2) is 0 Å². The zero-order valence-corrected chi connectivity index (χ0v) is 27.7. The Morgan fingerprint density at radius 2 is 1.79 bits per heavy atom. The van der Waals surface area contributed by atoms with Gasteiger partial charge in [-0.25, -0.2) is 9.37 Å². The van der Waals surface area contributed by atoms with E-state index in [4.69, 9.17) is 0 Å². The molecule has 7 nitrogen and oxygen atoms in total. The molecule has 3 aromatic rings. The van der Waals surface area contributed by atoms with Gasteiger partial charge < -0.3 is 19.4 Å². The first-order chi connectivity index (χ1) is 20.0. The normalized spacial score (nSPS) is 13.5. The number of nitriles is 1. The Bertz CT molecular complexity index is 1310. The second-order valence-electron chi connectivity index (χ2n) is 11.2. The van der Waals surface area contributed by atoms with Crippen LogP contribution in [0.25, 0.3) is 5.65 Å². The number of aromatic nitrogens is 3. The number of piperazine rings is 1. The molecule has 0 aromatic carbocycles. The Kier molecular flexibility index (Phi) is 16.0. The van der Waals surface area contributed by atoms with Crippen molar-refractivity contribution in [1.82, 2.24) is 19.7 Å². The van der Waals surface area contributed by atoms with Crippen molar-refractivity contribution in [3.8, 4) is 6.07 Å². The van der Waals surface area contributed by atoms with Gasteiger partial charge in [-0.3, -0.25) is 4.98 Å². The number of rotatable bonds is 7. The number of fused-ring (bicyclic) bond motifs is 1. The Hall–Kier alpha value is -3.31. The summed E-state index contributed by atoms with van der Waals surface area (Å²) in [5.41, 5.74) is 6.54. The second-order valence-corrected chi connectivity index (χ2v) is 11.2. The average molecular weight is 581 g/mol. The molecule has 1 saturated heterocycles. The smallest absolute Gasteiger partial charge is 0.139 e. The topological polar surface area (TPSA) is 86.3 Å². The molecular weight excluding hydrogens is 527 g/mol. The van der Waals surface area contributed by atoms with Crippen LogP contribution < -0.4 is 10.2 Å². The van der Waals surface area contributed by atoms with E-state index in [0.717, 1.165) is 80.8 Å². The van der Waals surface area contributed by atoms with E-state index in [2.05, 4.69) is 47.0 Å². The maximum absolute atomic E-state index is 13.5. The number of hydrogen-bond acceptors (Lipinski definition) is 6. The summed E-state index contributed by atoms with van der Waals surface area (Å²) in [7, 11) is 0. The van der Waals surface area contributed by atoms with Crippen molar-refractivity contribution in [2.75, 3.05) is 24.5 Å². The summed E-state index contributed by atoms with van der Waals surface area (Å²) in [4.78, 5) is 21.0. The SMILES string of the molecule is CC.CCCC(C)=O.CCCc1c(C)ncc(C#N)c1N1CCNC(C)(C)C1.CCCc1cn2cc(C)nc2cc1F. The van der Waals surface area contributed by atoms with Crippen molar-refractivity contribution < 1.29 is 9.18 Å². The summed E-state index contributed by atoms with van der Waals surface area (Å²) >= 11 is 0. The van der Waals surface area contributed by atoms with E-state index in [9.17, 15) is 14.4 Å². The largest absolute Gasteiger partial charge is 0.367 e. The molecule has 0 atom stereocenters. The van der Waals surface area contributed by atoms with E-state index < -0.39 is 0 Å². The van der Waals surface area contributed by atoms with Gasteiger partial charge in [0.1, 0.15) is 23.3 Å². The molecule has 0 spiro atoms. The Labute approximate surface area is 253 Å². The van der Waals surface area contributed by atoms with Crippen LogP contribution in [0.5, 0.6) is 0 Å². The molecule has 232 valence electrons. The number of nitrogens with zero attached hydrogens (tertiary/aromatic N) is 5. The van der Waals surface area contributed by atoms with Gasteiger partial charge in [0.25, 0.3) is 0 Å². The minimum absolute atomic E-state index is 0.0750. The van der Waals surface area contributed by atoms with E-state index in [1.807, 2.05) is 58.3 Å². The van der Waals surface area contributed by atoms with E-state index in [1.54, 1.807) is 13.1 Å². The number of carbonyl (C=O) groups is 1. The van der Waals surface area contributed by atoms with Crippen molar-refractivity contribution in [3.05, 3.63) is 58.6 Å². The molecule has 1 aliphatic heterocycles. The molecule has 3 aromatic heterocycles. The molecule has 0 unspecified atom stereocenters. The van der Waals surface area contributed by atoms with Gasteiger partial charge >= 0.3 is 0 Å². The first-order valence-corrected chi connectivity index (χ1v) is 15.5. The standard InChI is InChI=1S/C16H24N4.C11H13FN2.C5H10O.C2H6/c1-5-6-14-12(2)18-10-13(9-17)15(14)20-8-7-19-16(3,4)11-20;1-3-4-9-7-14-6-8(2)13-11(14)5-10(9)12;1-3-4-5(2)6;1-2/h10,19H,5-8,11H2,1-4H3;5-7H,3-4H2,1-2H3;3-4H2,1-2H3;1-2H3. The van der Waals surface area contributed by atoms with Crippen LogP contribution in [0.1, 0.15) is 109 Å². The molecular formula is C34H53FN6O. The van der Waals surface area contributed by atoms with E-state index >= 15 is 0 Å². The van der Waals surface area contributed by atoms with Gasteiger partial charge in [-0.2, -0.15) is 5.26 Å². The van der Waals surface area contributed by atoms with Gasteiger partial charge in [-0.1, -0.05) is 47.5 Å². The summed E-state index contributed by atoms with van der Waals surface area (Å²) in [6.07, 6.45) is 11.0. The lowest BCUT2D eigenvalue weighted by molar-refractivity contribution is -0.117. The van der Waals surface area contributed by atoms with Crippen LogP contribution in [0.15, 0.2) is 24.7 Å². The monoisotopic (exact) mass is 580 g/mol. The van der Waals surface area contributed by atoms with Crippen molar-refractivity contribution in [3.63, 3.8) is 0 Å². The fourth-order valence-corrected chi connectivity index (χ4v) is 4.94. The molecule has 42 heavy (non-hydrogen) atoms. The van der Waals surface area contributed by atoms with Crippen LogP contribution in [0, 0.1) is 31.0 Å². The number of carbonyl (C=O) groups excluding carboxylic acids is 1. The van der Waals surface area contributed by atoms with Crippen LogP contribution in [-0.4, -0.2) is 45.3 Å². The Morgan fingerprint density at radius 1 is 1.12 bits per heavy atom. The summed E-state index contributed by atoms with van der Waals surface area (Å²) in [5.74, 6) is 0.141. The summed E-state index contributed by atoms with van der Waals surface area (Å²) < 4.78 is 15.3. The van der Waals surface area contributed by atoms with Gasteiger partial charge in [-0.15, -0.1) is 0 Å². The minimum Gasteiger partial charge on any atom is -0.367 e. The molecule has 1 fully saturated rings. The van der Waals surface area contributed by atoms with Crippen molar-refractivity contribution in [2.24, 2.45) is 0 Å². The van der Waals surface area contributed by atoms with Gasteiger partial charge in [0, 0.05) is 67.5 Å². The number of nitrogens with one attached hydrogen (secondary N) is 1. The van der Waals surface area contributed by atoms with Gasteiger partial charge in [-0.05, 0) is 59.4 Å². The summed E-state index contributed by atoms with van der Waals surface area (Å²) in [5, 5.41) is 13.0. The molecule has 0 bridgehead atoms. The highest BCUT2D eigenvalue weighted by atomic mass is 19.1. The Balaban J connectivity index is 0.000000347. The van der Waals surface area contributed by atoms with E-state index in [0.29, 0.717) is 11.2 Å². The fourth-order valence-electron chi connectivity index (χ4n) is 4.94. The lowest BCUT2D eigenvalue weighted by Gasteiger charge is -2.41. The molecule has 4 rings (SSSR count). The molecule has 0 radical (unpaired) electrons. The third kappa shape index (κ3) is 11.2. The summed E-state index contributed by atoms with van der Waals surface area (Å²) in [6.45, 7) is 23.0. The lowest BCUT2D eigenvalue weighted by Crippen LogP contribution is -2.57. The predicted octanol–water partition coefficient (Wildman–Crippen LogP) is 7.54. The highest BCUT2D eigenvalue weighted by Crippen LogP contribution is 2.30. The first kappa shape index (κ1) is 36.7.